The van der Waals surface area contributed by atoms with E-state index >= 15 is 0 Å². The Morgan fingerprint density at radius 3 is 2.64 bits per heavy atom. The summed E-state index contributed by atoms with van der Waals surface area (Å²) >= 11 is 0. The molecule has 6 rings (SSSR count). The zero-order valence-corrected chi connectivity index (χ0v) is 20.1. The Kier molecular flexibility index (Phi) is 5.17. The van der Waals surface area contributed by atoms with E-state index in [2.05, 4.69) is 5.32 Å². The van der Waals surface area contributed by atoms with Crippen LogP contribution in [0.5, 0.6) is 0 Å². The molecule has 3 aliphatic rings. The molecular weight excluding hydrogens is 458 g/mol. The first-order valence-corrected chi connectivity index (χ1v) is 12.4. The smallest absolute Gasteiger partial charge is 0.331 e. The van der Waals surface area contributed by atoms with E-state index in [1.54, 1.807) is 12.3 Å². The third kappa shape index (κ3) is 3.18. The number of nitrogens with zero attached hydrogens (tertiary/aromatic N) is 4. The van der Waals surface area contributed by atoms with Gasteiger partial charge in [0.05, 0.1) is 18.2 Å². The zero-order chi connectivity index (χ0) is 25.0. The number of anilines is 1. The minimum Gasteiger partial charge on any atom is -0.352 e. The molecule has 2 saturated heterocycles. The van der Waals surface area contributed by atoms with Crippen LogP contribution >= 0.6 is 0 Å². The van der Waals surface area contributed by atoms with Gasteiger partial charge in [-0.05, 0) is 37.0 Å². The van der Waals surface area contributed by atoms with Gasteiger partial charge < -0.3 is 4.90 Å². The van der Waals surface area contributed by atoms with Crippen LogP contribution in [0.25, 0.3) is 5.65 Å². The van der Waals surface area contributed by atoms with Crippen LogP contribution in [-0.2, 0) is 22.6 Å². The Labute approximate surface area is 207 Å². The molecule has 1 aromatic carbocycles. The van der Waals surface area contributed by atoms with Crippen LogP contribution in [0, 0.1) is 12.3 Å². The molecule has 5 heterocycles. The number of hydrogen-bond acceptors (Lipinski definition) is 6. The number of barbiturate groups is 1. The summed E-state index contributed by atoms with van der Waals surface area (Å²) in [6.07, 6.45) is 4.83. The molecule has 1 N–H and O–H groups in total. The van der Waals surface area contributed by atoms with E-state index in [9.17, 15) is 19.2 Å². The summed E-state index contributed by atoms with van der Waals surface area (Å²) in [5, 5.41) is 2.46. The largest absolute Gasteiger partial charge is 0.352 e. The predicted molar refractivity (Wildman–Crippen MR) is 132 cm³/mol. The molecule has 4 amide bonds. The second-order valence-corrected chi connectivity index (χ2v) is 9.95. The molecule has 2 fully saturated rings. The highest BCUT2D eigenvalue weighted by Crippen LogP contribution is 2.46. The van der Waals surface area contributed by atoms with Gasteiger partial charge in [0.1, 0.15) is 11.5 Å². The first-order chi connectivity index (χ1) is 17.4. The Hall–Kier alpha value is -4.01. The van der Waals surface area contributed by atoms with Crippen molar-refractivity contribution in [3.8, 4) is 0 Å². The van der Waals surface area contributed by atoms with Crippen LogP contribution in [0.1, 0.15) is 42.4 Å². The summed E-state index contributed by atoms with van der Waals surface area (Å²) < 4.78 is 1.48. The highest BCUT2D eigenvalue weighted by Gasteiger charge is 2.62. The summed E-state index contributed by atoms with van der Waals surface area (Å²) in [6, 6.07) is 11.7. The summed E-state index contributed by atoms with van der Waals surface area (Å²) in [5.41, 5.74) is 0.693. The van der Waals surface area contributed by atoms with Crippen molar-refractivity contribution in [3.63, 3.8) is 0 Å². The van der Waals surface area contributed by atoms with Crippen molar-refractivity contribution in [1.82, 2.24) is 19.6 Å². The van der Waals surface area contributed by atoms with Gasteiger partial charge in [-0.15, -0.1) is 0 Å². The highest BCUT2D eigenvalue weighted by molar-refractivity contribution is 6.20. The number of carbonyl (C=O) groups is 3. The molecule has 0 bridgehead atoms. The quantitative estimate of drug-likeness (QED) is 0.560. The van der Waals surface area contributed by atoms with Crippen molar-refractivity contribution < 1.29 is 14.4 Å². The maximum absolute atomic E-state index is 14.2. The first kappa shape index (κ1) is 22.5. The molecule has 2 aromatic heterocycles. The predicted octanol–water partition coefficient (Wildman–Crippen LogP) is 2.57. The topological polar surface area (TPSA) is 104 Å². The zero-order valence-electron chi connectivity index (χ0n) is 20.1. The van der Waals surface area contributed by atoms with Gasteiger partial charge in [-0.25, -0.2) is 9.78 Å². The molecule has 9 nitrogen and oxygen atoms in total. The van der Waals surface area contributed by atoms with Crippen LogP contribution in [0.3, 0.4) is 0 Å². The molecule has 9 heteroatoms. The van der Waals surface area contributed by atoms with Crippen LogP contribution in [0.4, 0.5) is 10.6 Å². The molecule has 2 unspecified atom stereocenters. The van der Waals surface area contributed by atoms with Gasteiger partial charge in [0.2, 0.25) is 11.8 Å². The van der Waals surface area contributed by atoms with Gasteiger partial charge in [0.25, 0.3) is 5.56 Å². The second-order valence-electron chi connectivity index (χ2n) is 9.95. The summed E-state index contributed by atoms with van der Waals surface area (Å²) in [4.78, 5) is 62.5. The molecular formula is C27H27N5O4. The number of nitrogens with one attached hydrogen (secondary N) is 1. The minimum atomic E-state index is -1.58. The summed E-state index contributed by atoms with van der Waals surface area (Å²) in [5.74, 6) is -0.617. The lowest BCUT2D eigenvalue weighted by Gasteiger charge is -2.50. The molecule has 0 saturated carbocycles. The molecule has 36 heavy (non-hydrogen) atoms. The van der Waals surface area contributed by atoms with Crippen molar-refractivity contribution in [2.75, 3.05) is 11.4 Å². The monoisotopic (exact) mass is 485 g/mol. The first-order valence-electron chi connectivity index (χ1n) is 12.4. The number of imide groups is 2. The van der Waals surface area contributed by atoms with E-state index in [0.717, 1.165) is 35.3 Å². The van der Waals surface area contributed by atoms with Gasteiger partial charge in [-0.2, -0.15) is 0 Å². The number of benzene rings is 1. The summed E-state index contributed by atoms with van der Waals surface area (Å²) in [7, 11) is 0. The average molecular weight is 486 g/mol. The molecule has 1 spiro atoms. The van der Waals surface area contributed by atoms with Gasteiger partial charge >= 0.3 is 6.03 Å². The lowest BCUT2D eigenvalue weighted by Crippen LogP contribution is -2.72. The Morgan fingerprint density at radius 1 is 1.03 bits per heavy atom. The molecule has 3 aliphatic heterocycles. The number of carbonyl (C=O) groups excluding carboxylic acids is 3. The molecule has 3 aromatic rings. The fraction of sp³-hybridized carbons (Fsp3) is 0.370. The van der Waals surface area contributed by atoms with E-state index in [1.807, 2.05) is 48.2 Å². The average Bonchev–Trinajstić information content (AvgIpc) is 3.14. The van der Waals surface area contributed by atoms with Crippen molar-refractivity contribution in [1.29, 1.82) is 0 Å². The van der Waals surface area contributed by atoms with Crippen molar-refractivity contribution in [2.45, 2.75) is 51.6 Å². The number of fused-ring (bicyclic) bond motifs is 5. The Morgan fingerprint density at radius 2 is 1.83 bits per heavy atom. The van der Waals surface area contributed by atoms with Crippen LogP contribution < -0.4 is 15.8 Å². The SMILES string of the molecule is Cc1cccn2c(=O)c3c(nc12)N1CCCCCC1C1(C3)C(=O)NC(=O)N(Cc2ccccc2)C1=O. The Balaban J connectivity index is 1.54. The molecule has 0 radical (unpaired) electrons. The lowest BCUT2D eigenvalue weighted by molar-refractivity contribution is -0.154. The van der Waals surface area contributed by atoms with E-state index in [0.29, 0.717) is 30.0 Å². The van der Waals surface area contributed by atoms with E-state index in [4.69, 9.17) is 4.98 Å². The fourth-order valence-corrected chi connectivity index (χ4v) is 6.05. The third-order valence-electron chi connectivity index (χ3n) is 7.85. The number of aryl methyl sites for hydroxylation is 1. The Bertz CT molecular complexity index is 1470. The fourth-order valence-electron chi connectivity index (χ4n) is 6.05. The molecule has 2 atom stereocenters. The van der Waals surface area contributed by atoms with Crippen molar-refractivity contribution >= 4 is 29.3 Å². The van der Waals surface area contributed by atoms with Crippen molar-refractivity contribution in [2.24, 2.45) is 5.41 Å². The van der Waals surface area contributed by atoms with Crippen LogP contribution in [-0.4, -0.2) is 44.7 Å². The van der Waals surface area contributed by atoms with Gasteiger partial charge in [-0.3, -0.25) is 29.0 Å². The number of rotatable bonds is 2. The van der Waals surface area contributed by atoms with E-state index in [1.165, 1.54) is 4.40 Å². The molecule has 0 aliphatic carbocycles. The highest BCUT2D eigenvalue weighted by atomic mass is 16.2. The van der Waals surface area contributed by atoms with Gasteiger partial charge in [0, 0.05) is 19.2 Å². The number of hydrogen-bond donors (Lipinski definition) is 1. The summed E-state index contributed by atoms with van der Waals surface area (Å²) in [6.45, 7) is 2.54. The van der Waals surface area contributed by atoms with Crippen LogP contribution in [0.15, 0.2) is 53.5 Å². The number of pyridine rings is 1. The number of aromatic nitrogens is 2. The maximum Gasteiger partial charge on any atom is 0.331 e. The third-order valence-corrected chi connectivity index (χ3v) is 7.85. The van der Waals surface area contributed by atoms with E-state index in [-0.39, 0.29) is 18.5 Å². The van der Waals surface area contributed by atoms with Crippen molar-refractivity contribution in [3.05, 3.63) is 75.7 Å². The van der Waals surface area contributed by atoms with E-state index < -0.39 is 29.3 Å². The number of amides is 4. The van der Waals surface area contributed by atoms with Crippen LogP contribution in [0.2, 0.25) is 0 Å². The maximum atomic E-state index is 14.2. The second kappa shape index (κ2) is 8.29. The normalized spacial score (nSPS) is 23.9. The van der Waals surface area contributed by atoms with Gasteiger partial charge in [-0.1, -0.05) is 49.2 Å². The minimum absolute atomic E-state index is 0.0499. The standard InChI is InChI=1S/C27H27N5O4/c1-17-9-8-14-31-21(17)28-22-19(23(31)33)15-27(20-12-6-3-7-13-30(20)22)24(34)29-26(36)32(25(27)35)16-18-10-4-2-5-11-18/h2,4-5,8-11,14,20H,3,6-7,12-13,15-16H2,1H3,(H,29,34,36). The molecule has 184 valence electrons. The lowest BCUT2D eigenvalue weighted by atomic mass is 9.68. The van der Waals surface area contributed by atoms with Gasteiger partial charge in [0.15, 0.2) is 5.41 Å². The number of urea groups is 1.